The van der Waals surface area contributed by atoms with Crippen LogP contribution in [0.1, 0.15) is 12.8 Å². The molecule has 0 aliphatic carbocycles. The van der Waals surface area contributed by atoms with Gasteiger partial charge in [-0.2, -0.15) is 0 Å². The third kappa shape index (κ3) is 9.65. The highest BCUT2D eigenvalue weighted by molar-refractivity contribution is 5.88. The Morgan fingerprint density at radius 2 is 1.28 bits per heavy atom. The highest BCUT2D eigenvalue weighted by Crippen LogP contribution is 2.15. The first-order valence-corrected chi connectivity index (χ1v) is 6.50. The third-order valence-electron chi connectivity index (χ3n) is 2.71. The van der Waals surface area contributed by atoms with Gasteiger partial charge in [0.1, 0.15) is 24.4 Å². The quantitative estimate of drug-likeness (QED) is 0.164. The Kier molecular flexibility index (Phi) is 11.4. The monoisotopic (exact) mass is 372 g/mol. The van der Waals surface area contributed by atoms with Crippen molar-refractivity contribution in [2.24, 2.45) is 0 Å². The molecule has 0 radical (unpaired) electrons. The van der Waals surface area contributed by atoms with E-state index in [1.54, 1.807) is 0 Å². The van der Waals surface area contributed by atoms with Crippen LogP contribution in [0.25, 0.3) is 0 Å². The lowest BCUT2D eigenvalue weighted by molar-refractivity contribution is -0.170. The van der Waals surface area contributed by atoms with Crippen molar-refractivity contribution in [3.8, 4) is 0 Å². The van der Waals surface area contributed by atoms with Gasteiger partial charge in [-0.25, -0.2) is 4.79 Å². The van der Waals surface area contributed by atoms with Crippen LogP contribution in [-0.4, -0.2) is 107 Å². The van der Waals surface area contributed by atoms with Crippen molar-refractivity contribution in [1.29, 1.82) is 0 Å². The lowest BCUT2D eigenvalue weighted by atomic mass is 9.96. The minimum absolute atomic E-state index is 0.0258. The van der Waals surface area contributed by atoms with Gasteiger partial charge in [0.15, 0.2) is 11.9 Å². The van der Waals surface area contributed by atoms with Crippen molar-refractivity contribution in [3.05, 3.63) is 0 Å². The summed E-state index contributed by atoms with van der Waals surface area (Å²) in [6, 6.07) is 0. The van der Waals surface area contributed by atoms with E-state index in [9.17, 15) is 19.2 Å². The van der Waals surface area contributed by atoms with Gasteiger partial charge < -0.3 is 50.8 Å². The minimum atomic E-state index is -2.74. The number of carboxylic acids is 3. The van der Waals surface area contributed by atoms with Crippen LogP contribution in [-0.2, 0) is 19.2 Å². The molecule has 0 rings (SSSR count). The zero-order chi connectivity index (χ0) is 20.4. The highest BCUT2D eigenvalue weighted by atomic mass is 16.4. The maximum atomic E-state index is 10.3. The van der Waals surface area contributed by atoms with Crippen LogP contribution in [0.3, 0.4) is 0 Å². The molecule has 0 aliphatic heterocycles. The summed E-state index contributed by atoms with van der Waals surface area (Å²) in [5, 5.41) is 77.3. The van der Waals surface area contributed by atoms with Gasteiger partial charge >= 0.3 is 17.9 Å². The average molecular weight is 372 g/mol. The molecule has 0 aromatic carbocycles. The molecule has 0 saturated heterocycles. The Bertz CT molecular complexity index is 446. The molecule has 13 nitrogen and oxygen atoms in total. The highest BCUT2D eigenvalue weighted by Gasteiger charge is 2.40. The fraction of sp³-hybridized carbons (Fsp3) is 0.667. The Hall–Kier alpha value is -2.16. The molecule has 146 valence electrons. The van der Waals surface area contributed by atoms with E-state index in [0.29, 0.717) is 0 Å². The van der Waals surface area contributed by atoms with Crippen molar-refractivity contribution in [3.63, 3.8) is 0 Å². The van der Waals surface area contributed by atoms with Gasteiger partial charge in [0, 0.05) is 0 Å². The molecular weight excluding hydrogens is 352 g/mol. The summed E-state index contributed by atoms with van der Waals surface area (Å²) in [5.41, 5.74) is -2.74. The molecule has 0 fully saturated rings. The summed E-state index contributed by atoms with van der Waals surface area (Å²) in [7, 11) is 0. The zero-order valence-corrected chi connectivity index (χ0v) is 12.7. The van der Waals surface area contributed by atoms with Crippen LogP contribution in [0.15, 0.2) is 0 Å². The lowest BCUT2D eigenvalue weighted by Gasteiger charge is -2.22. The summed E-state index contributed by atoms with van der Waals surface area (Å²) in [5.74, 6) is -5.02. The molecule has 0 aliphatic rings. The summed E-state index contributed by atoms with van der Waals surface area (Å²) >= 11 is 0. The lowest BCUT2D eigenvalue weighted by Crippen LogP contribution is -2.46. The predicted octanol–water partition coefficient (Wildman–Crippen LogP) is -4.63. The van der Waals surface area contributed by atoms with Crippen LogP contribution < -0.4 is 0 Å². The molecule has 0 spiro atoms. The summed E-state index contributed by atoms with van der Waals surface area (Å²) in [6.45, 7) is -0.760. The van der Waals surface area contributed by atoms with E-state index in [4.69, 9.17) is 46.0 Å². The van der Waals surface area contributed by atoms with E-state index in [-0.39, 0.29) is 6.29 Å². The van der Waals surface area contributed by atoms with Gasteiger partial charge in [0.05, 0.1) is 19.4 Å². The van der Waals surface area contributed by atoms with Gasteiger partial charge in [-0.15, -0.1) is 0 Å². The van der Waals surface area contributed by atoms with Gasteiger partial charge in [-0.1, -0.05) is 0 Å². The number of aldehydes is 1. The summed E-state index contributed by atoms with van der Waals surface area (Å²) in [4.78, 5) is 40.4. The number of carboxylic acid groups (broad SMARTS) is 3. The minimum Gasteiger partial charge on any atom is -0.481 e. The first-order chi connectivity index (χ1) is 11.3. The van der Waals surface area contributed by atoms with Crippen molar-refractivity contribution in [2.75, 3.05) is 6.61 Å². The first kappa shape index (κ1) is 25.1. The Balaban J connectivity index is 0. The molecular formula is C12H20O13. The van der Waals surface area contributed by atoms with Crippen LogP contribution in [0.5, 0.6) is 0 Å². The summed E-state index contributed by atoms with van der Waals surface area (Å²) < 4.78 is 0. The molecule has 0 saturated carbocycles. The Morgan fingerprint density at radius 1 is 0.880 bits per heavy atom. The van der Waals surface area contributed by atoms with Crippen molar-refractivity contribution in [2.45, 2.75) is 42.9 Å². The molecule has 4 unspecified atom stereocenters. The number of carbonyl (C=O) groups excluding carboxylic acids is 1. The predicted molar refractivity (Wildman–Crippen MR) is 74.3 cm³/mol. The topological polar surface area (TPSA) is 250 Å². The number of hydrogen-bond acceptors (Lipinski definition) is 10. The third-order valence-corrected chi connectivity index (χ3v) is 2.71. The number of rotatable bonds is 10. The van der Waals surface area contributed by atoms with Gasteiger partial charge in [0.2, 0.25) is 0 Å². The molecule has 25 heavy (non-hydrogen) atoms. The second kappa shape index (κ2) is 11.4. The Morgan fingerprint density at radius 3 is 1.52 bits per heavy atom. The standard InChI is InChI=1S/C6H8O7.C6H12O6/c7-3(8)1-6(13,5(11)12)2-4(9)10;7-1-3(9)5(11)6(12)4(10)2-8/h13H,1-2H2,(H,7,8)(H,9,10)(H,11,12);1,3-6,8-12H,2H2. The molecule has 0 bridgehead atoms. The first-order valence-electron chi connectivity index (χ1n) is 6.50. The molecule has 0 amide bonds. The van der Waals surface area contributed by atoms with Crippen molar-refractivity contribution >= 4 is 24.2 Å². The smallest absolute Gasteiger partial charge is 0.336 e. The zero-order valence-electron chi connectivity index (χ0n) is 12.7. The van der Waals surface area contributed by atoms with E-state index in [0.717, 1.165) is 0 Å². The van der Waals surface area contributed by atoms with Gasteiger partial charge in [0.25, 0.3) is 0 Å². The largest absolute Gasteiger partial charge is 0.481 e. The molecule has 13 heteroatoms. The molecule has 0 aromatic rings. The number of aliphatic hydroxyl groups is 6. The van der Waals surface area contributed by atoms with Crippen molar-refractivity contribution < 1.29 is 65.1 Å². The average Bonchev–Trinajstić information content (AvgIpc) is 2.50. The van der Waals surface area contributed by atoms with E-state index in [2.05, 4.69) is 0 Å². The molecule has 9 N–H and O–H groups in total. The number of carbonyl (C=O) groups is 4. The summed E-state index contributed by atoms with van der Waals surface area (Å²) in [6.07, 6.45) is -9.13. The fourth-order valence-corrected chi connectivity index (χ4v) is 1.33. The number of aliphatic hydroxyl groups excluding tert-OH is 5. The second-order valence-electron chi connectivity index (χ2n) is 4.84. The molecule has 4 atom stereocenters. The normalized spacial score (nSPS) is 15.8. The van der Waals surface area contributed by atoms with E-state index in [1.165, 1.54) is 0 Å². The maximum Gasteiger partial charge on any atom is 0.336 e. The van der Waals surface area contributed by atoms with E-state index < -0.39 is 67.4 Å². The van der Waals surface area contributed by atoms with Crippen LogP contribution in [0, 0.1) is 0 Å². The number of hydrogen-bond donors (Lipinski definition) is 9. The SMILES string of the molecule is O=C(O)CC(O)(CC(=O)O)C(=O)O.O=CC(O)C(O)C(O)C(O)CO. The Labute approximate surface area is 140 Å². The number of aliphatic carboxylic acids is 3. The molecule has 0 aromatic heterocycles. The van der Waals surface area contributed by atoms with Crippen LogP contribution in [0.2, 0.25) is 0 Å². The van der Waals surface area contributed by atoms with E-state index in [1.807, 2.05) is 0 Å². The van der Waals surface area contributed by atoms with Crippen LogP contribution in [0.4, 0.5) is 0 Å². The van der Waals surface area contributed by atoms with E-state index >= 15 is 0 Å². The van der Waals surface area contributed by atoms with Gasteiger partial charge in [-0.3, -0.25) is 9.59 Å². The van der Waals surface area contributed by atoms with Crippen LogP contribution >= 0.6 is 0 Å². The van der Waals surface area contributed by atoms with Gasteiger partial charge in [-0.05, 0) is 0 Å². The maximum absolute atomic E-state index is 10.3. The van der Waals surface area contributed by atoms with Crippen molar-refractivity contribution in [1.82, 2.24) is 0 Å². The fourth-order valence-electron chi connectivity index (χ4n) is 1.33. The second-order valence-corrected chi connectivity index (χ2v) is 4.84. The molecule has 0 heterocycles.